The first-order chi connectivity index (χ1) is 14.2. The molecule has 0 aliphatic rings. The van der Waals surface area contributed by atoms with Crippen LogP contribution in [0.1, 0.15) is 29.8 Å². The Morgan fingerprint density at radius 3 is 2.53 bits per heavy atom. The second-order valence-electron chi connectivity index (χ2n) is 7.47. The van der Waals surface area contributed by atoms with E-state index in [4.69, 9.17) is 0 Å². The fourth-order valence-corrected chi connectivity index (χ4v) is 3.76. The van der Waals surface area contributed by atoms with Crippen LogP contribution in [-0.4, -0.2) is 29.7 Å². The third-order valence-electron chi connectivity index (χ3n) is 5.50. The number of hydrogen-bond acceptors (Lipinski definition) is 4. The summed E-state index contributed by atoms with van der Waals surface area (Å²) in [6, 6.07) is 5.23. The van der Waals surface area contributed by atoms with E-state index in [1.807, 2.05) is 0 Å². The fraction of sp³-hybridized carbons (Fsp3) is 0.286. The molecule has 0 saturated heterocycles. The summed E-state index contributed by atoms with van der Waals surface area (Å²) in [5.41, 5.74) is -0.383. The van der Waals surface area contributed by atoms with Crippen molar-refractivity contribution in [2.24, 2.45) is 0 Å². The van der Waals surface area contributed by atoms with Crippen molar-refractivity contribution in [3.8, 4) is 0 Å². The smallest absolute Gasteiger partial charge is 0.137 e. The molecule has 0 bridgehead atoms. The van der Waals surface area contributed by atoms with Crippen LogP contribution in [0.25, 0.3) is 10.9 Å². The second kappa shape index (κ2) is 7.24. The molecule has 1 N–H and O–H groups in total. The third kappa shape index (κ3) is 3.24. The van der Waals surface area contributed by atoms with Crippen molar-refractivity contribution >= 4 is 10.9 Å². The predicted molar refractivity (Wildman–Crippen MR) is 104 cm³/mol. The Bertz CT molecular complexity index is 1220. The zero-order valence-corrected chi connectivity index (χ0v) is 16.6. The molecule has 0 fully saturated rings. The van der Waals surface area contributed by atoms with Gasteiger partial charge >= 0.3 is 0 Å². The molecule has 2 heterocycles. The van der Waals surface area contributed by atoms with Crippen LogP contribution in [0.5, 0.6) is 0 Å². The summed E-state index contributed by atoms with van der Waals surface area (Å²) in [6.07, 6.45) is 2.69. The summed E-state index contributed by atoms with van der Waals surface area (Å²) in [6.45, 7) is 4.88. The molecule has 6 nitrogen and oxygen atoms in total. The molecule has 0 radical (unpaired) electrons. The van der Waals surface area contributed by atoms with Crippen LogP contribution in [0.2, 0.25) is 0 Å². The molecule has 0 saturated carbocycles. The van der Waals surface area contributed by atoms with Crippen LogP contribution in [0.15, 0.2) is 43.0 Å². The highest BCUT2D eigenvalue weighted by molar-refractivity contribution is 5.82. The molecule has 0 aliphatic heterocycles. The molecule has 0 spiro atoms. The molecule has 4 aromatic rings. The van der Waals surface area contributed by atoms with Gasteiger partial charge in [0.05, 0.1) is 23.8 Å². The number of rotatable bonds is 5. The molecule has 4 rings (SSSR count). The van der Waals surface area contributed by atoms with Crippen molar-refractivity contribution in [3.05, 3.63) is 77.3 Å². The van der Waals surface area contributed by atoms with Crippen LogP contribution in [0.4, 0.5) is 13.2 Å². The van der Waals surface area contributed by atoms with E-state index in [1.54, 1.807) is 26.8 Å². The van der Waals surface area contributed by atoms with E-state index in [-0.39, 0.29) is 17.9 Å². The number of hydrogen-bond donors (Lipinski definition) is 1. The Morgan fingerprint density at radius 1 is 1.10 bits per heavy atom. The molecule has 0 unspecified atom stereocenters. The predicted octanol–water partition coefficient (Wildman–Crippen LogP) is 3.81. The minimum absolute atomic E-state index is 0.105. The molecule has 2 aromatic heterocycles. The average Bonchev–Trinajstić information content (AvgIpc) is 3.30. The standard InChI is InChI=1S/C21H20F3N5O/c1-12-6-20-16(8-18(12)23)13(2)27-29(20)14(3)21(30,9-28-11-25-10-26-28)17-5-4-15(22)7-19(17)24/h4-8,10-11,14,30H,9H2,1-3H3/t14-,21-/m1/s1. The van der Waals surface area contributed by atoms with E-state index in [9.17, 15) is 18.3 Å². The molecule has 2 aromatic carbocycles. The van der Waals surface area contributed by atoms with Crippen LogP contribution >= 0.6 is 0 Å². The van der Waals surface area contributed by atoms with Gasteiger partial charge in [0.25, 0.3) is 0 Å². The van der Waals surface area contributed by atoms with E-state index in [1.165, 1.54) is 34.2 Å². The lowest BCUT2D eigenvalue weighted by molar-refractivity contribution is -0.0355. The van der Waals surface area contributed by atoms with Gasteiger partial charge in [-0.1, -0.05) is 6.07 Å². The van der Waals surface area contributed by atoms with Crippen LogP contribution in [-0.2, 0) is 12.1 Å². The zero-order chi connectivity index (χ0) is 21.6. The number of benzene rings is 2. The quantitative estimate of drug-likeness (QED) is 0.538. The van der Waals surface area contributed by atoms with Gasteiger partial charge in [-0.3, -0.25) is 4.68 Å². The Hall–Kier alpha value is -3.20. The maximum Gasteiger partial charge on any atom is 0.137 e. The Kier molecular flexibility index (Phi) is 4.85. The van der Waals surface area contributed by atoms with Crippen molar-refractivity contribution in [2.75, 3.05) is 0 Å². The molecule has 30 heavy (non-hydrogen) atoms. The van der Waals surface area contributed by atoms with Crippen molar-refractivity contribution in [2.45, 2.75) is 39.0 Å². The number of nitrogens with zero attached hydrogens (tertiary/aromatic N) is 5. The molecule has 9 heteroatoms. The van der Waals surface area contributed by atoms with Crippen LogP contribution in [0, 0.1) is 31.3 Å². The summed E-state index contributed by atoms with van der Waals surface area (Å²) >= 11 is 0. The van der Waals surface area contributed by atoms with Gasteiger partial charge in [0, 0.05) is 17.0 Å². The summed E-state index contributed by atoms with van der Waals surface area (Å²) in [5.74, 6) is -2.00. The largest absolute Gasteiger partial charge is 0.381 e. The monoisotopic (exact) mass is 415 g/mol. The van der Waals surface area contributed by atoms with Crippen molar-refractivity contribution in [3.63, 3.8) is 0 Å². The van der Waals surface area contributed by atoms with Crippen LogP contribution in [0.3, 0.4) is 0 Å². The molecule has 156 valence electrons. The summed E-state index contributed by atoms with van der Waals surface area (Å²) in [7, 11) is 0. The summed E-state index contributed by atoms with van der Waals surface area (Å²) in [5, 5.41) is 20.8. The van der Waals surface area contributed by atoms with Crippen molar-refractivity contribution in [1.29, 1.82) is 0 Å². The Morgan fingerprint density at radius 2 is 1.87 bits per heavy atom. The molecular formula is C21H20F3N5O. The zero-order valence-electron chi connectivity index (χ0n) is 16.6. The van der Waals surface area contributed by atoms with Gasteiger partial charge in [-0.15, -0.1) is 0 Å². The maximum atomic E-state index is 14.8. The lowest BCUT2D eigenvalue weighted by atomic mass is 9.86. The number of fused-ring (bicyclic) bond motifs is 1. The average molecular weight is 415 g/mol. The van der Waals surface area contributed by atoms with Crippen molar-refractivity contribution in [1.82, 2.24) is 24.5 Å². The van der Waals surface area contributed by atoms with Gasteiger partial charge in [-0.2, -0.15) is 10.2 Å². The third-order valence-corrected chi connectivity index (χ3v) is 5.50. The van der Waals surface area contributed by atoms with Gasteiger partial charge in [-0.05, 0) is 44.5 Å². The Labute approximate surface area is 170 Å². The molecule has 0 aliphatic carbocycles. The van der Waals surface area contributed by atoms with E-state index in [0.29, 0.717) is 22.2 Å². The van der Waals surface area contributed by atoms with E-state index in [2.05, 4.69) is 15.2 Å². The highest BCUT2D eigenvalue weighted by Crippen LogP contribution is 2.38. The minimum Gasteiger partial charge on any atom is -0.381 e. The molecule has 2 atom stereocenters. The number of aromatic nitrogens is 5. The highest BCUT2D eigenvalue weighted by Gasteiger charge is 2.41. The lowest BCUT2D eigenvalue weighted by Crippen LogP contribution is -2.41. The van der Waals surface area contributed by atoms with E-state index in [0.717, 1.165) is 12.1 Å². The van der Waals surface area contributed by atoms with Gasteiger partial charge in [0.1, 0.15) is 35.7 Å². The molecular weight excluding hydrogens is 395 g/mol. The number of aliphatic hydroxyl groups is 1. The summed E-state index contributed by atoms with van der Waals surface area (Å²) < 4.78 is 45.3. The number of aryl methyl sites for hydroxylation is 2. The fourth-order valence-electron chi connectivity index (χ4n) is 3.76. The van der Waals surface area contributed by atoms with Gasteiger partial charge in [0.2, 0.25) is 0 Å². The first-order valence-corrected chi connectivity index (χ1v) is 9.36. The van der Waals surface area contributed by atoms with Crippen LogP contribution < -0.4 is 0 Å². The first-order valence-electron chi connectivity index (χ1n) is 9.36. The maximum absolute atomic E-state index is 14.8. The van der Waals surface area contributed by atoms with Gasteiger partial charge < -0.3 is 5.11 Å². The Balaban J connectivity index is 1.91. The second-order valence-corrected chi connectivity index (χ2v) is 7.47. The minimum atomic E-state index is -1.86. The lowest BCUT2D eigenvalue weighted by Gasteiger charge is -2.35. The normalized spacial score (nSPS) is 14.8. The van der Waals surface area contributed by atoms with E-state index < -0.39 is 23.3 Å². The van der Waals surface area contributed by atoms with E-state index >= 15 is 0 Å². The van der Waals surface area contributed by atoms with Gasteiger partial charge in [-0.25, -0.2) is 22.8 Å². The van der Waals surface area contributed by atoms with Gasteiger partial charge in [0.15, 0.2) is 0 Å². The first kappa shape index (κ1) is 20.1. The number of halogens is 3. The topological polar surface area (TPSA) is 68.8 Å². The van der Waals surface area contributed by atoms with Crippen molar-refractivity contribution < 1.29 is 18.3 Å². The SMILES string of the molecule is Cc1cc2c(cc1F)c(C)nn2[C@H](C)[C@](O)(Cn1cncn1)c1ccc(F)cc1F. The highest BCUT2D eigenvalue weighted by atomic mass is 19.1. The molecule has 0 amide bonds. The summed E-state index contributed by atoms with van der Waals surface area (Å²) in [4.78, 5) is 3.87.